The Morgan fingerprint density at radius 3 is 2.10 bits per heavy atom. The molecule has 0 aromatic heterocycles. The molecule has 0 aromatic rings. The van der Waals surface area contributed by atoms with E-state index in [9.17, 15) is 9.59 Å². The van der Waals surface area contributed by atoms with E-state index in [2.05, 4.69) is 0 Å². The van der Waals surface area contributed by atoms with E-state index < -0.39 is 0 Å². The maximum atomic E-state index is 10.8. The highest BCUT2D eigenvalue weighted by Crippen LogP contribution is 2.14. The van der Waals surface area contributed by atoms with E-state index >= 15 is 0 Å². The van der Waals surface area contributed by atoms with Crippen LogP contribution in [-0.4, -0.2) is 17.3 Å². The lowest BCUT2D eigenvalue weighted by molar-refractivity contribution is -0.146. The molecule has 1 aliphatic carbocycles. The summed E-state index contributed by atoms with van der Waals surface area (Å²) in [4.78, 5) is 21.7. The molecule has 0 heterocycles. The molecule has 0 spiro atoms. The topological polar surface area (TPSA) is 59.7 Å². The van der Waals surface area contributed by atoms with Gasteiger partial charge in [0, 0.05) is 12.8 Å². The van der Waals surface area contributed by atoms with Gasteiger partial charge in [0.05, 0.1) is 0 Å². The Hall–Kier alpha value is -0.990. The van der Waals surface area contributed by atoms with Crippen molar-refractivity contribution in [3.05, 3.63) is 0 Å². The summed E-state index contributed by atoms with van der Waals surface area (Å²) in [6.45, 7) is 1.88. The van der Waals surface area contributed by atoms with Gasteiger partial charge in [-0.25, -0.2) is 5.41 Å². The minimum absolute atomic E-state index is 0.0573. The fourth-order valence-electron chi connectivity index (χ4n) is 1.08. The van der Waals surface area contributed by atoms with Gasteiger partial charge in [0.25, 0.3) is 5.71 Å². The van der Waals surface area contributed by atoms with Gasteiger partial charge in [-0.3, -0.25) is 9.59 Å². The van der Waals surface area contributed by atoms with Crippen LogP contribution in [-0.2, 0) is 9.59 Å². The first-order chi connectivity index (χ1) is 4.61. The monoisotopic (exact) mass is 140 g/mol. The molecular weight excluding hydrogens is 130 g/mol. The molecule has 0 amide bonds. The lowest BCUT2D eigenvalue weighted by Gasteiger charge is -2.11. The van der Waals surface area contributed by atoms with Gasteiger partial charge in [-0.2, -0.15) is 0 Å². The third-order valence-electron chi connectivity index (χ3n) is 1.67. The smallest absolute Gasteiger partial charge is 0.283 e. The Balaban J connectivity index is 2.76. The molecule has 3 heteroatoms. The number of ketones is 2. The van der Waals surface area contributed by atoms with Gasteiger partial charge in [0.1, 0.15) is 0 Å². The molecule has 0 radical (unpaired) electrons. The van der Waals surface area contributed by atoms with Crippen molar-refractivity contribution in [1.82, 2.24) is 0 Å². The summed E-state index contributed by atoms with van der Waals surface area (Å²) >= 11 is 0. The lowest BCUT2D eigenvalue weighted by atomic mass is 9.87. The summed E-state index contributed by atoms with van der Waals surface area (Å²) in [5, 5.41) is 5.20. The SMILES string of the molecule is CC1CC(=O)C(=[NH2+])C(=O)C1. The van der Waals surface area contributed by atoms with Crippen LogP contribution in [0, 0.1) is 5.92 Å². The van der Waals surface area contributed by atoms with Crippen LogP contribution in [0.4, 0.5) is 0 Å². The van der Waals surface area contributed by atoms with Crippen molar-refractivity contribution >= 4 is 17.3 Å². The van der Waals surface area contributed by atoms with Crippen LogP contribution in [0.2, 0.25) is 0 Å². The van der Waals surface area contributed by atoms with Gasteiger partial charge < -0.3 is 0 Å². The normalized spacial score (nSPS) is 21.9. The summed E-state index contributed by atoms with van der Waals surface area (Å²) in [7, 11) is 0. The van der Waals surface area contributed by atoms with Gasteiger partial charge in [0.15, 0.2) is 0 Å². The zero-order valence-electron chi connectivity index (χ0n) is 5.89. The third kappa shape index (κ3) is 1.12. The summed E-state index contributed by atoms with van der Waals surface area (Å²) in [6, 6.07) is 0. The first kappa shape index (κ1) is 7.12. The minimum atomic E-state index is -0.191. The van der Waals surface area contributed by atoms with Crippen LogP contribution in [0.3, 0.4) is 0 Å². The van der Waals surface area contributed by atoms with E-state index in [0.29, 0.717) is 12.8 Å². The average Bonchev–Trinajstić information content (AvgIpc) is 1.82. The predicted molar refractivity (Wildman–Crippen MR) is 35.3 cm³/mol. The predicted octanol–water partition coefficient (Wildman–Crippen LogP) is -1.25. The van der Waals surface area contributed by atoms with E-state index in [0.717, 1.165) is 0 Å². The fraction of sp³-hybridized carbons (Fsp3) is 0.571. The van der Waals surface area contributed by atoms with Crippen LogP contribution in [0.25, 0.3) is 0 Å². The summed E-state index contributed by atoms with van der Waals surface area (Å²) < 4.78 is 0. The number of Topliss-reactive ketones (excluding diaryl/α,β-unsaturated/α-hetero) is 2. The molecule has 0 saturated heterocycles. The zero-order chi connectivity index (χ0) is 7.72. The largest absolute Gasteiger partial charge is 0.287 e. The highest BCUT2D eigenvalue weighted by atomic mass is 16.2. The summed E-state index contributed by atoms with van der Waals surface area (Å²) in [5.41, 5.74) is -0.0573. The van der Waals surface area contributed by atoms with Crippen molar-refractivity contribution in [3.63, 3.8) is 0 Å². The second kappa shape index (κ2) is 2.33. The molecule has 0 atom stereocenters. The fourth-order valence-corrected chi connectivity index (χ4v) is 1.08. The van der Waals surface area contributed by atoms with Crippen molar-refractivity contribution in [3.8, 4) is 0 Å². The van der Waals surface area contributed by atoms with Crippen LogP contribution < -0.4 is 5.41 Å². The Morgan fingerprint density at radius 2 is 1.70 bits per heavy atom. The molecule has 0 aromatic carbocycles. The van der Waals surface area contributed by atoms with Crippen LogP contribution in [0.15, 0.2) is 0 Å². The molecule has 1 aliphatic rings. The van der Waals surface area contributed by atoms with E-state index in [1.54, 1.807) is 0 Å². The minimum Gasteiger partial charge on any atom is -0.287 e. The van der Waals surface area contributed by atoms with Crippen molar-refractivity contribution in [1.29, 1.82) is 0 Å². The van der Waals surface area contributed by atoms with Gasteiger partial charge in [-0.15, -0.1) is 0 Å². The van der Waals surface area contributed by atoms with E-state index in [1.165, 1.54) is 0 Å². The molecule has 3 nitrogen and oxygen atoms in total. The Kier molecular flexibility index (Phi) is 1.66. The standard InChI is InChI=1S/C7H9NO2/c1-4-2-5(9)7(8)6(10)3-4/h4,8H,2-3H2,1H3/p+1. The van der Waals surface area contributed by atoms with Crippen molar-refractivity contribution in [2.45, 2.75) is 19.8 Å². The molecule has 0 aliphatic heterocycles. The molecule has 54 valence electrons. The molecule has 2 N–H and O–H groups in total. The van der Waals surface area contributed by atoms with Gasteiger partial charge in [0.2, 0.25) is 11.6 Å². The second-order valence-electron chi connectivity index (χ2n) is 2.77. The van der Waals surface area contributed by atoms with Crippen molar-refractivity contribution < 1.29 is 15.0 Å². The molecule has 1 rings (SSSR count). The number of hydrogen-bond donors (Lipinski definition) is 1. The quantitative estimate of drug-likeness (QED) is 0.457. The third-order valence-corrected chi connectivity index (χ3v) is 1.67. The van der Waals surface area contributed by atoms with Crippen LogP contribution >= 0.6 is 0 Å². The second-order valence-corrected chi connectivity index (χ2v) is 2.77. The number of rotatable bonds is 0. The van der Waals surface area contributed by atoms with Gasteiger partial charge >= 0.3 is 0 Å². The van der Waals surface area contributed by atoms with Gasteiger partial charge in [-0.1, -0.05) is 6.92 Å². The zero-order valence-corrected chi connectivity index (χ0v) is 5.89. The summed E-state index contributed by atoms with van der Waals surface area (Å²) in [6.07, 6.45) is 0.856. The average molecular weight is 140 g/mol. The maximum absolute atomic E-state index is 10.8. The summed E-state index contributed by atoms with van der Waals surface area (Å²) in [5.74, 6) is -0.209. The molecule has 1 fully saturated rings. The number of nitrogens with two attached hydrogens (primary N) is 1. The van der Waals surface area contributed by atoms with Crippen LogP contribution in [0.1, 0.15) is 19.8 Å². The molecule has 10 heavy (non-hydrogen) atoms. The van der Waals surface area contributed by atoms with E-state index in [1.807, 2.05) is 6.92 Å². The van der Waals surface area contributed by atoms with Crippen molar-refractivity contribution in [2.24, 2.45) is 5.92 Å². The van der Waals surface area contributed by atoms with Crippen molar-refractivity contribution in [2.75, 3.05) is 0 Å². The first-order valence-electron chi connectivity index (χ1n) is 3.30. The Morgan fingerprint density at radius 1 is 1.30 bits per heavy atom. The van der Waals surface area contributed by atoms with E-state index in [-0.39, 0.29) is 23.2 Å². The molecular formula is C7H10NO2+. The van der Waals surface area contributed by atoms with Crippen LogP contribution in [0.5, 0.6) is 0 Å². The molecule has 1 saturated carbocycles. The Labute approximate surface area is 58.9 Å². The van der Waals surface area contributed by atoms with Gasteiger partial charge in [-0.05, 0) is 5.92 Å². The number of carbonyl (C=O) groups is 2. The first-order valence-corrected chi connectivity index (χ1v) is 3.30. The number of hydrogen-bond acceptors (Lipinski definition) is 2. The molecule has 0 unspecified atom stereocenters. The maximum Gasteiger partial charge on any atom is 0.283 e. The Bertz CT molecular complexity index is 188. The highest BCUT2D eigenvalue weighted by Gasteiger charge is 2.32. The lowest BCUT2D eigenvalue weighted by Crippen LogP contribution is -2.52. The highest BCUT2D eigenvalue weighted by molar-refractivity contribution is 6.64. The van der Waals surface area contributed by atoms with E-state index in [4.69, 9.17) is 5.41 Å². The molecule has 0 bridgehead atoms. The number of carbonyl (C=O) groups excluding carboxylic acids is 2.